The number of hydrogen-bond acceptors (Lipinski definition) is 4. The minimum absolute atomic E-state index is 0.162. The topological polar surface area (TPSA) is 59.7 Å². The lowest BCUT2D eigenvalue weighted by Crippen LogP contribution is -1.97. The number of benzene rings is 1. The van der Waals surface area contributed by atoms with Crippen molar-refractivity contribution in [1.82, 2.24) is 14.4 Å². The molecule has 0 aliphatic heterocycles. The molecule has 102 valence electrons. The van der Waals surface area contributed by atoms with Crippen LogP contribution in [-0.2, 0) is 0 Å². The van der Waals surface area contributed by atoms with Crippen molar-refractivity contribution < 1.29 is 9.84 Å². The molecule has 5 nitrogen and oxygen atoms in total. The van der Waals surface area contributed by atoms with E-state index in [2.05, 4.69) is 9.97 Å². The number of hydrogen-bond donors (Lipinski definition) is 1. The van der Waals surface area contributed by atoms with Crippen LogP contribution in [0.5, 0.6) is 11.6 Å². The molecule has 3 aromatic rings. The van der Waals surface area contributed by atoms with Crippen molar-refractivity contribution in [2.45, 2.75) is 13.8 Å². The molecule has 0 spiro atoms. The van der Waals surface area contributed by atoms with Crippen LogP contribution in [0.25, 0.3) is 16.9 Å². The molecule has 0 aliphatic carbocycles. The van der Waals surface area contributed by atoms with E-state index < -0.39 is 0 Å². The first-order chi connectivity index (χ1) is 9.61. The highest BCUT2D eigenvalue weighted by molar-refractivity contribution is 5.65. The monoisotopic (exact) mass is 269 g/mol. The molecule has 0 saturated heterocycles. The van der Waals surface area contributed by atoms with Gasteiger partial charge in [-0.15, -0.1) is 0 Å². The number of aromatic hydroxyl groups is 1. The maximum atomic E-state index is 10.1. The first-order valence-corrected chi connectivity index (χ1v) is 6.30. The Morgan fingerprint density at radius 3 is 2.50 bits per heavy atom. The van der Waals surface area contributed by atoms with E-state index in [0.717, 1.165) is 22.7 Å². The Morgan fingerprint density at radius 1 is 1.15 bits per heavy atom. The highest BCUT2D eigenvalue weighted by Gasteiger charge is 2.13. The molecule has 5 heteroatoms. The van der Waals surface area contributed by atoms with E-state index in [0.29, 0.717) is 11.3 Å². The van der Waals surface area contributed by atoms with Crippen molar-refractivity contribution in [3.8, 4) is 22.9 Å². The summed E-state index contributed by atoms with van der Waals surface area (Å²) in [4.78, 5) is 8.72. The fourth-order valence-electron chi connectivity index (χ4n) is 2.31. The van der Waals surface area contributed by atoms with Crippen LogP contribution in [0.2, 0.25) is 0 Å². The number of aryl methyl sites for hydroxylation is 2. The second-order valence-corrected chi connectivity index (χ2v) is 4.64. The van der Waals surface area contributed by atoms with Crippen LogP contribution in [0.3, 0.4) is 0 Å². The summed E-state index contributed by atoms with van der Waals surface area (Å²) in [5, 5.41) is 10.1. The highest BCUT2D eigenvalue weighted by Crippen LogP contribution is 2.27. The lowest BCUT2D eigenvalue weighted by molar-refractivity contribution is 0.415. The highest BCUT2D eigenvalue weighted by atomic mass is 16.5. The molecule has 0 fully saturated rings. The number of methoxy groups -OCH3 is 1. The molecule has 0 aliphatic rings. The van der Waals surface area contributed by atoms with Gasteiger partial charge in [-0.2, -0.15) is 0 Å². The van der Waals surface area contributed by atoms with Gasteiger partial charge in [-0.3, -0.25) is 9.38 Å². The smallest absolute Gasteiger partial charge is 0.219 e. The quantitative estimate of drug-likeness (QED) is 0.777. The summed E-state index contributed by atoms with van der Waals surface area (Å²) in [6.45, 7) is 3.69. The average Bonchev–Trinajstić information content (AvgIpc) is 2.75. The van der Waals surface area contributed by atoms with Crippen LogP contribution in [0.15, 0.2) is 30.5 Å². The van der Waals surface area contributed by atoms with Gasteiger partial charge in [0.2, 0.25) is 5.88 Å². The van der Waals surface area contributed by atoms with Gasteiger partial charge >= 0.3 is 0 Å². The number of imidazole rings is 1. The summed E-state index contributed by atoms with van der Waals surface area (Å²) in [5.74, 6) is 0.962. The molecule has 2 heterocycles. The minimum atomic E-state index is 0.162. The summed E-state index contributed by atoms with van der Waals surface area (Å²) in [6.07, 6.45) is 1.67. The van der Waals surface area contributed by atoms with Gasteiger partial charge in [0.1, 0.15) is 11.4 Å². The summed E-state index contributed by atoms with van der Waals surface area (Å²) < 4.78 is 6.86. The zero-order valence-electron chi connectivity index (χ0n) is 11.6. The van der Waals surface area contributed by atoms with Gasteiger partial charge in [0.25, 0.3) is 0 Å². The molecule has 1 aromatic carbocycles. The number of fused-ring (bicyclic) bond motifs is 1. The number of aromatic nitrogens is 3. The van der Waals surface area contributed by atoms with E-state index in [4.69, 9.17) is 4.74 Å². The fraction of sp³-hybridized carbons (Fsp3) is 0.200. The van der Waals surface area contributed by atoms with Gasteiger partial charge < -0.3 is 9.84 Å². The van der Waals surface area contributed by atoms with Crippen molar-refractivity contribution in [3.63, 3.8) is 0 Å². The molecular weight excluding hydrogens is 254 g/mol. The zero-order chi connectivity index (χ0) is 14.3. The zero-order valence-corrected chi connectivity index (χ0v) is 11.6. The molecule has 0 saturated carbocycles. The molecule has 0 radical (unpaired) electrons. The molecule has 0 atom stereocenters. The van der Waals surface area contributed by atoms with Crippen LogP contribution in [0.4, 0.5) is 0 Å². The number of ether oxygens (including phenoxy) is 1. The van der Waals surface area contributed by atoms with Crippen LogP contribution in [0, 0.1) is 13.8 Å². The molecule has 0 amide bonds. The maximum Gasteiger partial charge on any atom is 0.219 e. The van der Waals surface area contributed by atoms with Crippen LogP contribution in [0.1, 0.15) is 11.4 Å². The SMILES string of the molecule is COc1ccc(-c2ncc3nc(C)c(O)n3c2C)cc1. The summed E-state index contributed by atoms with van der Waals surface area (Å²) in [7, 11) is 1.64. The Kier molecular flexibility index (Phi) is 2.82. The third-order valence-electron chi connectivity index (χ3n) is 3.40. The third kappa shape index (κ3) is 1.79. The Balaban J connectivity index is 2.20. The van der Waals surface area contributed by atoms with E-state index in [1.807, 2.05) is 31.2 Å². The van der Waals surface area contributed by atoms with Gasteiger partial charge in [0.05, 0.1) is 24.7 Å². The van der Waals surface area contributed by atoms with E-state index in [-0.39, 0.29) is 5.88 Å². The lowest BCUT2D eigenvalue weighted by Gasteiger charge is -2.08. The second-order valence-electron chi connectivity index (χ2n) is 4.64. The number of nitrogens with zero attached hydrogens (tertiary/aromatic N) is 3. The first kappa shape index (κ1) is 12.5. The van der Waals surface area contributed by atoms with E-state index in [9.17, 15) is 5.11 Å². The Labute approximate surface area is 116 Å². The molecule has 3 rings (SSSR count). The van der Waals surface area contributed by atoms with E-state index in [1.165, 1.54) is 0 Å². The van der Waals surface area contributed by atoms with Crippen molar-refractivity contribution in [3.05, 3.63) is 41.9 Å². The Hall–Kier alpha value is -2.56. The van der Waals surface area contributed by atoms with E-state index >= 15 is 0 Å². The van der Waals surface area contributed by atoms with Crippen molar-refractivity contribution in [1.29, 1.82) is 0 Å². The van der Waals surface area contributed by atoms with Crippen molar-refractivity contribution >= 4 is 5.65 Å². The predicted molar refractivity (Wildman–Crippen MR) is 76.1 cm³/mol. The molecule has 0 bridgehead atoms. The number of rotatable bonds is 2. The largest absolute Gasteiger partial charge is 0.497 e. The third-order valence-corrected chi connectivity index (χ3v) is 3.40. The van der Waals surface area contributed by atoms with Crippen molar-refractivity contribution in [2.24, 2.45) is 0 Å². The van der Waals surface area contributed by atoms with Crippen molar-refractivity contribution in [2.75, 3.05) is 7.11 Å². The normalized spacial score (nSPS) is 10.9. The van der Waals surface area contributed by atoms with Gasteiger partial charge in [-0.1, -0.05) is 0 Å². The maximum absolute atomic E-state index is 10.1. The molecule has 20 heavy (non-hydrogen) atoms. The molecule has 0 unspecified atom stereocenters. The summed E-state index contributed by atoms with van der Waals surface area (Å²) in [6, 6.07) is 7.67. The summed E-state index contributed by atoms with van der Waals surface area (Å²) in [5.41, 5.74) is 3.88. The van der Waals surface area contributed by atoms with Gasteiger partial charge in [0.15, 0.2) is 5.65 Å². The Morgan fingerprint density at radius 2 is 1.85 bits per heavy atom. The molecular formula is C15H15N3O2. The van der Waals surface area contributed by atoms with Gasteiger partial charge in [-0.25, -0.2) is 4.98 Å². The first-order valence-electron chi connectivity index (χ1n) is 6.30. The van der Waals surface area contributed by atoms with Gasteiger partial charge in [0, 0.05) is 5.56 Å². The standard InChI is InChI=1S/C15H15N3O2/c1-9-15(19)18-10(2)14(16-8-13(18)17-9)11-4-6-12(20-3)7-5-11/h4-8,19H,1-3H3. The van der Waals surface area contributed by atoms with Crippen LogP contribution in [-0.4, -0.2) is 26.6 Å². The fourth-order valence-corrected chi connectivity index (χ4v) is 2.31. The average molecular weight is 269 g/mol. The Bertz CT molecular complexity index is 776. The minimum Gasteiger partial charge on any atom is -0.497 e. The van der Waals surface area contributed by atoms with Gasteiger partial charge in [-0.05, 0) is 38.1 Å². The summed E-state index contributed by atoms with van der Waals surface area (Å²) >= 11 is 0. The lowest BCUT2D eigenvalue weighted by atomic mass is 10.1. The molecule has 2 aromatic heterocycles. The van der Waals surface area contributed by atoms with Crippen LogP contribution >= 0.6 is 0 Å². The van der Waals surface area contributed by atoms with E-state index in [1.54, 1.807) is 24.6 Å². The second kappa shape index (κ2) is 4.52. The van der Waals surface area contributed by atoms with Crippen LogP contribution < -0.4 is 4.74 Å². The predicted octanol–water partition coefficient (Wildman–Crippen LogP) is 2.73. The molecule has 1 N–H and O–H groups in total.